The smallest absolute Gasteiger partial charge is 0.231 e. The van der Waals surface area contributed by atoms with Gasteiger partial charge in [-0.3, -0.25) is 0 Å². The van der Waals surface area contributed by atoms with Gasteiger partial charge >= 0.3 is 0 Å². The van der Waals surface area contributed by atoms with Crippen molar-refractivity contribution < 1.29 is 0 Å². The number of hydrogen-bond donors (Lipinski definition) is 1. The van der Waals surface area contributed by atoms with Crippen molar-refractivity contribution in [2.75, 3.05) is 29.9 Å². The lowest BCUT2D eigenvalue weighted by atomic mass is 9.90. The van der Waals surface area contributed by atoms with Crippen molar-refractivity contribution in [3.63, 3.8) is 0 Å². The molecule has 2 heterocycles. The molecule has 1 N–H and O–H groups in total. The van der Waals surface area contributed by atoms with Gasteiger partial charge in [0.15, 0.2) is 0 Å². The second kappa shape index (κ2) is 8.11. The summed E-state index contributed by atoms with van der Waals surface area (Å²) in [6.07, 6.45) is 5.16. The summed E-state index contributed by atoms with van der Waals surface area (Å²) < 4.78 is 0. The summed E-state index contributed by atoms with van der Waals surface area (Å²) in [5.74, 6) is 1.86. The van der Waals surface area contributed by atoms with Gasteiger partial charge < -0.3 is 10.2 Å². The summed E-state index contributed by atoms with van der Waals surface area (Å²) in [5.41, 5.74) is 1.41. The summed E-state index contributed by atoms with van der Waals surface area (Å²) in [6.45, 7) is 6.16. The van der Waals surface area contributed by atoms with Gasteiger partial charge in [0, 0.05) is 19.6 Å². The van der Waals surface area contributed by atoms with Gasteiger partial charge in [-0.15, -0.1) is 6.58 Å². The molecule has 126 valence electrons. The highest BCUT2D eigenvalue weighted by atomic mass is 35.5. The van der Waals surface area contributed by atoms with E-state index in [1.165, 1.54) is 5.56 Å². The average molecular weight is 344 g/mol. The van der Waals surface area contributed by atoms with Crippen molar-refractivity contribution >= 4 is 23.5 Å². The molecule has 1 saturated heterocycles. The molecule has 24 heavy (non-hydrogen) atoms. The van der Waals surface area contributed by atoms with Crippen LogP contribution in [0.25, 0.3) is 0 Å². The highest BCUT2D eigenvalue weighted by Gasteiger charge is 2.22. The molecular formula is C18H22ClN5. The number of anilines is 2. The molecule has 0 saturated carbocycles. The fraction of sp³-hybridized carbons (Fsp3) is 0.389. The quantitative estimate of drug-likeness (QED) is 0.812. The molecule has 1 aliphatic heterocycles. The summed E-state index contributed by atoms with van der Waals surface area (Å²) in [7, 11) is 0. The Morgan fingerprint density at radius 3 is 2.62 bits per heavy atom. The summed E-state index contributed by atoms with van der Waals surface area (Å²) >= 11 is 6.03. The molecule has 6 heteroatoms. The predicted octanol–water partition coefficient (Wildman–Crippen LogP) is 3.58. The first-order chi connectivity index (χ1) is 11.7. The number of hydrogen-bond acceptors (Lipinski definition) is 5. The lowest BCUT2D eigenvalue weighted by Gasteiger charge is -2.32. The zero-order chi connectivity index (χ0) is 16.8. The Morgan fingerprint density at radius 1 is 1.17 bits per heavy atom. The number of benzene rings is 1. The van der Waals surface area contributed by atoms with E-state index in [1.807, 2.05) is 0 Å². The molecule has 2 aromatic rings. The first-order valence-electron chi connectivity index (χ1n) is 8.30. The van der Waals surface area contributed by atoms with Gasteiger partial charge in [-0.1, -0.05) is 36.4 Å². The number of piperidine rings is 1. The first-order valence-corrected chi connectivity index (χ1v) is 8.67. The summed E-state index contributed by atoms with van der Waals surface area (Å²) in [4.78, 5) is 15.0. The van der Waals surface area contributed by atoms with Gasteiger partial charge in [-0.2, -0.15) is 15.0 Å². The van der Waals surface area contributed by atoms with E-state index in [1.54, 1.807) is 6.08 Å². The molecular weight excluding hydrogens is 322 g/mol. The fourth-order valence-corrected chi connectivity index (χ4v) is 3.16. The molecule has 1 aromatic heterocycles. The minimum Gasteiger partial charge on any atom is -0.351 e. The zero-order valence-electron chi connectivity index (χ0n) is 13.7. The number of aromatic nitrogens is 3. The van der Waals surface area contributed by atoms with Crippen LogP contribution in [-0.4, -0.2) is 34.6 Å². The third-order valence-electron chi connectivity index (χ3n) is 4.27. The van der Waals surface area contributed by atoms with E-state index in [0.29, 0.717) is 24.4 Å². The Labute approximate surface area is 147 Å². The highest BCUT2D eigenvalue weighted by Crippen LogP contribution is 2.24. The minimum absolute atomic E-state index is 0.220. The van der Waals surface area contributed by atoms with Crippen LogP contribution in [-0.2, 0) is 6.42 Å². The lowest BCUT2D eigenvalue weighted by Crippen LogP contribution is -2.35. The largest absolute Gasteiger partial charge is 0.351 e. The van der Waals surface area contributed by atoms with E-state index < -0.39 is 0 Å². The maximum Gasteiger partial charge on any atom is 0.231 e. The van der Waals surface area contributed by atoms with Crippen molar-refractivity contribution in [1.82, 2.24) is 15.0 Å². The summed E-state index contributed by atoms with van der Waals surface area (Å²) in [6, 6.07) is 10.7. The molecule has 1 aromatic carbocycles. The second-order valence-electron chi connectivity index (χ2n) is 6.02. The van der Waals surface area contributed by atoms with Gasteiger partial charge in [-0.25, -0.2) is 0 Å². The van der Waals surface area contributed by atoms with Crippen LogP contribution in [0.1, 0.15) is 18.4 Å². The molecule has 5 nitrogen and oxygen atoms in total. The molecule has 0 amide bonds. The Morgan fingerprint density at radius 2 is 1.92 bits per heavy atom. The van der Waals surface area contributed by atoms with Crippen LogP contribution in [0.3, 0.4) is 0 Å². The van der Waals surface area contributed by atoms with E-state index in [0.717, 1.165) is 32.4 Å². The Balaban J connectivity index is 1.60. The van der Waals surface area contributed by atoms with Crippen molar-refractivity contribution in [2.45, 2.75) is 19.3 Å². The van der Waals surface area contributed by atoms with Gasteiger partial charge in [0.1, 0.15) is 0 Å². The predicted molar refractivity (Wildman–Crippen MR) is 98.6 cm³/mol. The molecule has 0 bridgehead atoms. The Bertz CT molecular complexity index is 668. The molecule has 0 radical (unpaired) electrons. The van der Waals surface area contributed by atoms with E-state index in [4.69, 9.17) is 11.6 Å². The van der Waals surface area contributed by atoms with Crippen LogP contribution >= 0.6 is 11.6 Å². The van der Waals surface area contributed by atoms with Crippen LogP contribution < -0.4 is 10.2 Å². The van der Waals surface area contributed by atoms with Crippen LogP contribution in [0.2, 0.25) is 5.28 Å². The molecule has 3 rings (SSSR count). The van der Waals surface area contributed by atoms with Gasteiger partial charge in [-0.05, 0) is 42.3 Å². The van der Waals surface area contributed by atoms with Crippen LogP contribution in [0.5, 0.6) is 0 Å². The number of nitrogens with one attached hydrogen (secondary N) is 1. The highest BCUT2D eigenvalue weighted by molar-refractivity contribution is 6.28. The van der Waals surface area contributed by atoms with Gasteiger partial charge in [0.2, 0.25) is 17.2 Å². The second-order valence-corrected chi connectivity index (χ2v) is 6.36. The summed E-state index contributed by atoms with van der Waals surface area (Å²) in [5, 5.41) is 3.29. The molecule has 0 atom stereocenters. The third kappa shape index (κ3) is 4.45. The third-order valence-corrected chi connectivity index (χ3v) is 4.43. The topological polar surface area (TPSA) is 53.9 Å². The van der Waals surface area contributed by atoms with E-state index in [-0.39, 0.29) is 5.28 Å². The molecule has 1 fully saturated rings. The number of halogens is 1. The SMILES string of the molecule is C=CCNc1nc(Cl)nc(N2CCC(Cc3ccccc3)CC2)n1. The molecule has 1 aliphatic rings. The lowest BCUT2D eigenvalue weighted by molar-refractivity contribution is 0.400. The van der Waals surface area contributed by atoms with Crippen molar-refractivity contribution in [1.29, 1.82) is 0 Å². The first kappa shape index (κ1) is 16.7. The minimum atomic E-state index is 0.220. The van der Waals surface area contributed by atoms with Crippen LogP contribution in [0.4, 0.5) is 11.9 Å². The zero-order valence-corrected chi connectivity index (χ0v) is 14.4. The van der Waals surface area contributed by atoms with E-state index >= 15 is 0 Å². The van der Waals surface area contributed by atoms with E-state index in [2.05, 4.69) is 62.1 Å². The van der Waals surface area contributed by atoms with Gasteiger partial charge in [0.05, 0.1) is 0 Å². The standard InChI is InChI=1S/C18H22ClN5/c1-2-10-20-17-21-16(19)22-18(23-17)24-11-8-15(9-12-24)13-14-6-4-3-5-7-14/h2-7,15H,1,8-13H2,(H,20,21,22,23). The van der Waals surface area contributed by atoms with Crippen LogP contribution in [0.15, 0.2) is 43.0 Å². The molecule has 0 spiro atoms. The Kier molecular flexibility index (Phi) is 5.64. The normalized spacial score (nSPS) is 15.3. The maximum atomic E-state index is 6.03. The van der Waals surface area contributed by atoms with Crippen LogP contribution in [0, 0.1) is 5.92 Å². The monoisotopic (exact) mass is 343 g/mol. The van der Waals surface area contributed by atoms with E-state index in [9.17, 15) is 0 Å². The molecule has 0 aliphatic carbocycles. The van der Waals surface area contributed by atoms with Crippen molar-refractivity contribution in [3.8, 4) is 0 Å². The maximum absolute atomic E-state index is 6.03. The fourth-order valence-electron chi connectivity index (χ4n) is 3.01. The van der Waals surface area contributed by atoms with Crippen molar-refractivity contribution in [3.05, 3.63) is 53.8 Å². The number of nitrogens with zero attached hydrogens (tertiary/aromatic N) is 4. The Hall–Kier alpha value is -2.14. The molecule has 0 unspecified atom stereocenters. The van der Waals surface area contributed by atoms with Crippen molar-refractivity contribution in [2.24, 2.45) is 5.92 Å². The van der Waals surface area contributed by atoms with Gasteiger partial charge in [0.25, 0.3) is 0 Å². The average Bonchev–Trinajstić information content (AvgIpc) is 2.61. The number of rotatable bonds is 6.